The smallest absolute Gasteiger partial charge is 0.319 e. The molecule has 0 radical (unpaired) electrons. The zero-order valence-corrected chi connectivity index (χ0v) is 16.9. The summed E-state index contributed by atoms with van der Waals surface area (Å²) in [4.78, 5) is 35.3. The van der Waals surface area contributed by atoms with Gasteiger partial charge in [-0.1, -0.05) is 12.1 Å². The summed E-state index contributed by atoms with van der Waals surface area (Å²) in [5.74, 6) is 0.265. The molecule has 2 aromatic carbocycles. The minimum Gasteiger partial charge on any atom is -0.334 e. The Morgan fingerprint density at radius 3 is 2.55 bits per heavy atom. The molecule has 2 aromatic heterocycles. The van der Waals surface area contributed by atoms with Crippen molar-refractivity contribution in [2.45, 2.75) is 20.0 Å². The molecule has 2 heterocycles. The highest BCUT2D eigenvalue weighted by molar-refractivity contribution is 5.94. The third-order valence-corrected chi connectivity index (χ3v) is 5.00. The number of aryl methyl sites for hydroxylation is 1. The monoisotopic (exact) mass is 423 g/mol. The fourth-order valence-electron chi connectivity index (χ4n) is 3.45. The number of imidazole rings is 1. The summed E-state index contributed by atoms with van der Waals surface area (Å²) in [5.41, 5.74) is 1.36. The van der Waals surface area contributed by atoms with Crippen LogP contribution in [0, 0.1) is 6.92 Å². The van der Waals surface area contributed by atoms with Crippen LogP contribution in [0.1, 0.15) is 28.6 Å². The summed E-state index contributed by atoms with van der Waals surface area (Å²) in [6.07, 6.45) is 2.44. The lowest BCUT2D eigenvalue weighted by atomic mass is 10.1. The fraction of sp³-hybridized carbons (Fsp3) is 0.182. The highest BCUT2D eigenvalue weighted by atomic mass is 19.3. The van der Waals surface area contributed by atoms with E-state index in [1.54, 1.807) is 49.4 Å². The number of alkyl halides is 2. The van der Waals surface area contributed by atoms with Crippen LogP contribution in [0.5, 0.6) is 0 Å². The summed E-state index contributed by atoms with van der Waals surface area (Å²) in [5, 5.41) is 0.502. The molecule has 31 heavy (non-hydrogen) atoms. The van der Waals surface area contributed by atoms with E-state index in [2.05, 4.69) is 9.97 Å². The van der Waals surface area contributed by atoms with E-state index < -0.39 is 6.55 Å². The standard InChI is InChI=1S/C22H19F2N5O2/c1-14-26-18-6-4-3-5-17(18)21(31)29(14)16-9-7-15(8-10-16)20(30)27(2)13-19-25-11-12-28(19)22(23)24/h3-12,22H,13H2,1-2H3. The van der Waals surface area contributed by atoms with Crippen LogP contribution >= 0.6 is 0 Å². The van der Waals surface area contributed by atoms with Crippen molar-refractivity contribution in [3.8, 4) is 5.69 Å². The van der Waals surface area contributed by atoms with E-state index in [4.69, 9.17) is 0 Å². The molecule has 9 heteroatoms. The number of rotatable bonds is 5. The van der Waals surface area contributed by atoms with Gasteiger partial charge in [0, 0.05) is 25.0 Å². The Kier molecular flexibility index (Phi) is 5.33. The minimum atomic E-state index is -2.72. The largest absolute Gasteiger partial charge is 0.334 e. The van der Waals surface area contributed by atoms with E-state index in [1.807, 2.05) is 6.07 Å². The van der Waals surface area contributed by atoms with E-state index in [1.165, 1.54) is 28.9 Å². The van der Waals surface area contributed by atoms with Gasteiger partial charge in [0.2, 0.25) is 0 Å². The van der Waals surface area contributed by atoms with Gasteiger partial charge in [0.05, 0.1) is 23.1 Å². The van der Waals surface area contributed by atoms with Crippen molar-refractivity contribution in [2.24, 2.45) is 0 Å². The average molecular weight is 423 g/mol. The number of fused-ring (bicyclic) bond motifs is 1. The summed E-state index contributed by atoms with van der Waals surface area (Å²) in [7, 11) is 1.52. The van der Waals surface area contributed by atoms with Crippen LogP contribution in [0.15, 0.2) is 65.7 Å². The Morgan fingerprint density at radius 2 is 1.84 bits per heavy atom. The maximum atomic E-state index is 13.0. The molecular weight excluding hydrogens is 404 g/mol. The van der Waals surface area contributed by atoms with Crippen molar-refractivity contribution in [1.29, 1.82) is 0 Å². The van der Waals surface area contributed by atoms with Crippen molar-refractivity contribution in [1.82, 2.24) is 24.0 Å². The number of carbonyl (C=O) groups excluding carboxylic acids is 1. The quantitative estimate of drug-likeness (QED) is 0.492. The van der Waals surface area contributed by atoms with Gasteiger partial charge in [-0.2, -0.15) is 8.78 Å². The van der Waals surface area contributed by atoms with Gasteiger partial charge in [-0.25, -0.2) is 9.97 Å². The van der Waals surface area contributed by atoms with E-state index in [9.17, 15) is 18.4 Å². The predicted molar refractivity (Wildman–Crippen MR) is 111 cm³/mol. The number of hydrogen-bond acceptors (Lipinski definition) is 4. The molecule has 0 aliphatic carbocycles. The first-order chi connectivity index (χ1) is 14.9. The zero-order valence-electron chi connectivity index (χ0n) is 16.9. The summed E-state index contributed by atoms with van der Waals surface area (Å²) in [6.45, 7) is -1.05. The Labute approximate surface area is 176 Å². The molecule has 0 atom stereocenters. The minimum absolute atomic E-state index is 0.0644. The molecule has 0 unspecified atom stereocenters. The Hall–Kier alpha value is -3.88. The summed E-state index contributed by atoms with van der Waals surface area (Å²) in [6, 6.07) is 13.6. The molecule has 0 saturated carbocycles. The van der Waals surface area contributed by atoms with Crippen LogP contribution in [0.25, 0.3) is 16.6 Å². The fourth-order valence-corrected chi connectivity index (χ4v) is 3.45. The number of aromatic nitrogens is 4. The van der Waals surface area contributed by atoms with E-state index in [-0.39, 0.29) is 23.8 Å². The normalized spacial score (nSPS) is 11.3. The van der Waals surface area contributed by atoms with Crippen molar-refractivity contribution in [2.75, 3.05) is 7.05 Å². The molecule has 4 rings (SSSR count). The molecule has 4 aromatic rings. The Bertz CT molecular complexity index is 1310. The van der Waals surface area contributed by atoms with E-state index >= 15 is 0 Å². The number of halogens is 2. The molecule has 0 bridgehead atoms. The maximum Gasteiger partial charge on any atom is 0.319 e. The van der Waals surface area contributed by atoms with Gasteiger partial charge in [0.1, 0.15) is 11.6 Å². The van der Waals surface area contributed by atoms with Crippen molar-refractivity contribution < 1.29 is 13.6 Å². The van der Waals surface area contributed by atoms with Crippen LogP contribution < -0.4 is 5.56 Å². The lowest BCUT2D eigenvalue weighted by Crippen LogP contribution is -2.28. The second-order valence-electron chi connectivity index (χ2n) is 7.05. The number of carbonyl (C=O) groups is 1. The first-order valence-electron chi connectivity index (χ1n) is 9.51. The molecule has 0 N–H and O–H groups in total. The first kappa shape index (κ1) is 20.4. The average Bonchev–Trinajstić information content (AvgIpc) is 3.22. The van der Waals surface area contributed by atoms with E-state index in [0.717, 1.165) is 4.57 Å². The highest BCUT2D eigenvalue weighted by Crippen LogP contribution is 2.17. The number of hydrogen-bond donors (Lipinski definition) is 0. The van der Waals surface area contributed by atoms with Gasteiger partial charge >= 0.3 is 6.55 Å². The predicted octanol–water partition coefficient (Wildman–Crippen LogP) is 3.56. The molecule has 0 saturated heterocycles. The summed E-state index contributed by atoms with van der Waals surface area (Å²) < 4.78 is 28.2. The molecule has 1 amide bonds. The molecule has 7 nitrogen and oxygen atoms in total. The molecule has 0 aliphatic heterocycles. The van der Waals surface area contributed by atoms with Crippen molar-refractivity contribution in [3.05, 3.63) is 88.5 Å². The number of para-hydroxylation sites is 1. The second kappa shape index (κ2) is 8.10. The molecular formula is C22H19F2N5O2. The Balaban J connectivity index is 1.60. The van der Waals surface area contributed by atoms with Crippen LogP contribution in [0.2, 0.25) is 0 Å². The van der Waals surface area contributed by atoms with Crippen LogP contribution in [-0.4, -0.2) is 37.0 Å². The van der Waals surface area contributed by atoms with Crippen LogP contribution in [0.3, 0.4) is 0 Å². The van der Waals surface area contributed by atoms with Crippen molar-refractivity contribution >= 4 is 16.8 Å². The lowest BCUT2D eigenvalue weighted by Gasteiger charge is -2.18. The summed E-state index contributed by atoms with van der Waals surface area (Å²) >= 11 is 0. The SMILES string of the molecule is Cc1nc2ccccc2c(=O)n1-c1ccc(C(=O)N(C)Cc2nccn2C(F)F)cc1. The number of nitrogens with zero attached hydrogens (tertiary/aromatic N) is 5. The highest BCUT2D eigenvalue weighted by Gasteiger charge is 2.18. The molecule has 0 aliphatic rings. The topological polar surface area (TPSA) is 73.0 Å². The maximum absolute atomic E-state index is 13.0. The molecule has 0 spiro atoms. The van der Waals surface area contributed by atoms with Gasteiger partial charge in [-0.3, -0.25) is 18.7 Å². The number of amides is 1. The Morgan fingerprint density at radius 1 is 1.13 bits per heavy atom. The van der Waals surface area contributed by atoms with Crippen LogP contribution in [0.4, 0.5) is 8.78 Å². The number of benzene rings is 2. The van der Waals surface area contributed by atoms with Gasteiger partial charge < -0.3 is 4.90 Å². The first-order valence-corrected chi connectivity index (χ1v) is 9.51. The lowest BCUT2D eigenvalue weighted by molar-refractivity contribution is 0.0612. The third-order valence-electron chi connectivity index (χ3n) is 5.00. The zero-order chi connectivity index (χ0) is 22.1. The third kappa shape index (κ3) is 3.81. The van der Waals surface area contributed by atoms with Crippen LogP contribution in [-0.2, 0) is 6.54 Å². The van der Waals surface area contributed by atoms with Crippen molar-refractivity contribution in [3.63, 3.8) is 0 Å². The van der Waals surface area contributed by atoms with Gasteiger partial charge in [0.25, 0.3) is 11.5 Å². The van der Waals surface area contributed by atoms with E-state index in [0.29, 0.717) is 28.0 Å². The van der Waals surface area contributed by atoms with Gasteiger partial charge in [0.15, 0.2) is 0 Å². The molecule has 158 valence electrons. The van der Waals surface area contributed by atoms with Gasteiger partial charge in [-0.05, 0) is 43.3 Å². The molecule has 0 fully saturated rings. The second-order valence-corrected chi connectivity index (χ2v) is 7.05. The van der Waals surface area contributed by atoms with Gasteiger partial charge in [-0.15, -0.1) is 0 Å².